The van der Waals surface area contributed by atoms with E-state index in [0.717, 1.165) is 6.42 Å². The van der Waals surface area contributed by atoms with Crippen LogP contribution in [0.3, 0.4) is 0 Å². The van der Waals surface area contributed by atoms with E-state index in [2.05, 4.69) is 19.2 Å². The lowest BCUT2D eigenvalue weighted by atomic mass is 10.1. The molecule has 5 heteroatoms. The van der Waals surface area contributed by atoms with Crippen LogP contribution in [0.15, 0.2) is 18.2 Å². The first kappa shape index (κ1) is 13.4. The largest absolute Gasteiger partial charge is 0.398 e. The molecule has 0 radical (unpaired) electrons. The van der Waals surface area contributed by atoms with Crippen molar-refractivity contribution in [3.05, 3.63) is 23.8 Å². The molecule has 0 unspecified atom stereocenters. The molecule has 0 bridgehead atoms. The van der Waals surface area contributed by atoms with Crippen molar-refractivity contribution in [2.75, 3.05) is 24.1 Å². The Kier molecular flexibility index (Phi) is 3.74. The summed E-state index contributed by atoms with van der Waals surface area (Å²) in [4.78, 5) is 25.8. The third-order valence-electron chi connectivity index (χ3n) is 3.18. The SMILES string of the molecule is CC(C)CCN1CC(=O)Nc2cccc(N)c2C1=O. The minimum Gasteiger partial charge on any atom is -0.398 e. The molecular weight excluding hydrogens is 242 g/mol. The molecule has 0 aliphatic carbocycles. The van der Waals surface area contributed by atoms with E-state index in [1.54, 1.807) is 23.1 Å². The second-order valence-corrected chi connectivity index (χ2v) is 5.23. The van der Waals surface area contributed by atoms with Gasteiger partial charge >= 0.3 is 0 Å². The molecule has 0 fully saturated rings. The molecule has 0 spiro atoms. The number of nitrogens with one attached hydrogen (secondary N) is 1. The zero-order chi connectivity index (χ0) is 14.0. The number of nitrogens with zero attached hydrogens (tertiary/aromatic N) is 1. The van der Waals surface area contributed by atoms with Gasteiger partial charge in [0.2, 0.25) is 5.91 Å². The quantitative estimate of drug-likeness (QED) is 0.813. The second kappa shape index (κ2) is 5.30. The van der Waals surface area contributed by atoms with Crippen molar-refractivity contribution in [1.82, 2.24) is 4.90 Å². The first-order valence-electron chi connectivity index (χ1n) is 6.46. The fourth-order valence-corrected chi connectivity index (χ4v) is 2.10. The van der Waals surface area contributed by atoms with Crippen LogP contribution in [0, 0.1) is 5.92 Å². The zero-order valence-electron chi connectivity index (χ0n) is 11.3. The summed E-state index contributed by atoms with van der Waals surface area (Å²) in [7, 11) is 0. The summed E-state index contributed by atoms with van der Waals surface area (Å²) >= 11 is 0. The molecule has 19 heavy (non-hydrogen) atoms. The van der Waals surface area contributed by atoms with E-state index in [9.17, 15) is 9.59 Å². The molecule has 102 valence electrons. The highest BCUT2D eigenvalue weighted by molar-refractivity contribution is 6.11. The van der Waals surface area contributed by atoms with Crippen LogP contribution in [0.4, 0.5) is 11.4 Å². The van der Waals surface area contributed by atoms with E-state index in [1.165, 1.54) is 0 Å². The van der Waals surface area contributed by atoms with Crippen LogP contribution in [-0.2, 0) is 4.79 Å². The van der Waals surface area contributed by atoms with Crippen molar-refractivity contribution in [2.24, 2.45) is 5.92 Å². The molecule has 0 saturated carbocycles. The number of carbonyl (C=O) groups is 2. The molecule has 1 aromatic rings. The molecule has 0 saturated heterocycles. The Labute approximate surface area is 112 Å². The highest BCUT2D eigenvalue weighted by atomic mass is 16.2. The Morgan fingerprint density at radius 1 is 1.37 bits per heavy atom. The average Bonchev–Trinajstić information content (AvgIpc) is 2.45. The lowest BCUT2D eigenvalue weighted by Gasteiger charge is -2.21. The van der Waals surface area contributed by atoms with Crippen LogP contribution < -0.4 is 11.1 Å². The third-order valence-corrected chi connectivity index (χ3v) is 3.18. The number of carbonyl (C=O) groups excluding carboxylic acids is 2. The fourth-order valence-electron chi connectivity index (χ4n) is 2.10. The van der Waals surface area contributed by atoms with E-state index in [-0.39, 0.29) is 18.4 Å². The Balaban J connectivity index is 2.32. The standard InChI is InChI=1S/C14H19N3O2/c1-9(2)6-7-17-8-12(18)16-11-5-3-4-10(15)13(11)14(17)19/h3-5,9H,6-8,15H2,1-2H3,(H,16,18). The third kappa shape index (κ3) is 2.86. The first-order valence-corrected chi connectivity index (χ1v) is 6.46. The van der Waals surface area contributed by atoms with Gasteiger partial charge in [0.1, 0.15) is 6.54 Å². The highest BCUT2D eigenvalue weighted by Crippen LogP contribution is 2.26. The van der Waals surface area contributed by atoms with Gasteiger partial charge in [-0.2, -0.15) is 0 Å². The summed E-state index contributed by atoms with van der Waals surface area (Å²) in [5.74, 6) is 0.125. The summed E-state index contributed by atoms with van der Waals surface area (Å²) in [6, 6.07) is 5.10. The predicted octanol–water partition coefficient (Wildman–Crippen LogP) is 1.71. The summed E-state index contributed by atoms with van der Waals surface area (Å²) in [5.41, 5.74) is 7.17. The van der Waals surface area contributed by atoms with Crippen molar-refractivity contribution in [3.63, 3.8) is 0 Å². The summed E-state index contributed by atoms with van der Waals surface area (Å²) in [5, 5.41) is 2.73. The van der Waals surface area contributed by atoms with Crippen LogP contribution in [0.1, 0.15) is 30.6 Å². The Morgan fingerprint density at radius 2 is 2.11 bits per heavy atom. The van der Waals surface area contributed by atoms with Crippen LogP contribution >= 0.6 is 0 Å². The van der Waals surface area contributed by atoms with Crippen molar-refractivity contribution in [3.8, 4) is 0 Å². The van der Waals surface area contributed by atoms with Gasteiger partial charge in [-0.15, -0.1) is 0 Å². The number of fused-ring (bicyclic) bond motifs is 1. The molecular formula is C14H19N3O2. The number of benzene rings is 1. The number of rotatable bonds is 3. The minimum absolute atomic E-state index is 0.0830. The molecule has 1 aromatic carbocycles. The second-order valence-electron chi connectivity index (χ2n) is 5.23. The Bertz CT molecular complexity index is 511. The van der Waals surface area contributed by atoms with E-state index in [1.807, 2.05) is 0 Å². The number of hydrogen-bond acceptors (Lipinski definition) is 3. The van der Waals surface area contributed by atoms with Gasteiger partial charge in [0, 0.05) is 12.2 Å². The molecule has 3 N–H and O–H groups in total. The molecule has 1 heterocycles. The van der Waals surface area contributed by atoms with Gasteiger partial charge in [-0.1, -0.05) is 19.9 Å². The number of anilines is 2. The maximum absolute atomic E-state index is 12.5. The number of nitrogens with two attached hydrogens (primary N) is 1. The Hall–Kier alpha value is -2.04. The van der Waals surface area contributed by atoms with Crippen LogP contribution in [0.25, 0.3) is 0 Å². The number of hydrogen-bond donors (Lipinski definition) is 2. The van der Waals surface area contributed by atoms with Gasteiger partial charge in [-0.25, -0.2) is 0 Å². The summed E-state index contributed by atoms with van der Waals surface area (Å²) < 4.78 is 0. The lowest BCUT2D eigenvalue weighted by molar-refractivity contribution is -0.116. The van der Waals surface area contributed by atoms with E-state index < -0.39 is 0 Å². The lowest BCUT2D eigenvalue weighted by Crippen LogP contribution is -2.36. The molecule has 1 aliphatic heterocycles. The van der Waals surface area contributed by atoms with Crippen molar-refractivity contribution >= 4 is 23.2 Å². The predicted molar refractivity (Wildman–Crippen MR) is 74.8 cm³/mol. The van der Waals surface area contributed by atoms with Crippen LogP contribution in [0.5, 0.6) is 0 Å². The molecule has 5 nitrogen and oxygen atoms in total. The normalized spacial score (nSPS) is 15.2. The van der Waals surface area contributed by atoms with Gasteiger partial charge in [0.15, 0.2) is 0 Å². The van der Waals surface area contributed by atoms with E-state index >= 15 is 0 Å². The van der Waals surface area contributed by atoms with Gasteiger partial charge in [-0.3, -0.25) is 9.59 Å². The summed E-state index contributed by atoms with van der Waals surface area (Å²) in [6.07, 6.45) is 0.862. The molecule has 1 aliphatic rings. The monoisotopic (exact) mass is 261 g/mol. The highest BCUT2D eigenvalue weighted by Gasteiger charge is 2.27. The van der Waals surface area contributed by atoms with Gasteiger partial charge in [-0.05, 0) is 24.5 Å². The average molecular weight is 261 g/mol. The Morgan fingerprint density at radius 3 is 2.79 bits per heavy atom. The van der Waals surface area contributed by atoms with Gasteiger partial charge < -0.3 is 16.0 Å². The van der Waals surface area contributed by atoms with Crippen LogP contribution in [0.2, 0.25) is 0 Å². The first-order chi connectivity index (χ1) is 8.99. The van der Waals surface area contributed by atoms with Gasteiger partial charge in [0.25, 0.3) is 5.91 Å². The number of nitrogen functional groups attached to an aromatic ring is 1. The summed E-state index contributed by atoms with van der Waals surface area (Å²) in [6.45, 7) is 4.83. The van der Waals surface area contributed by atoms with Crippen LogP contribution in [-0.4, -0.2) is 29.8 Å². The van der Waals surface area contributed by atoms with E-state index in [4.69, 9.17) is 5.73 Å². The van der Waals surface area contributed by atoms with Gasteiger partial charge in [0.05, 0.1) is 11.3 Å². The smallest absolute Gasteiger partial charge is 0.258 e. The topological polar surface area (TPSA) is 75.4 Å². The number of amides is 2. The molecule has 0 aromatic heterocycles. The van der Waals surface area contributed by atoms with E-state index in [0.29, 0.717) is 29.4 Å². The maximum atomic E-state index is 12.5. The van der Waals surface area contributed by atoms with Crippen molar-refractivity contribution in [2.45, 2.75) is 20.3 Å². The zero-order valence-corrected chi connectivity index (χ0v) is 11.3. The minimum atomic E-state index is -0.179. The molecule has 0 atom stereocenters. The van der Waals surface area contributed by atoms with Crippen molar-refractivity contribution in [1.29, 1.82) is 0 Å². The molecule has 2 amide bonds. The van der Waals surface area contributed by atoms with Crippen molar-refractivity contribution < 1.29 is 9.59 Å². The maximum Gasteiger partial charge on any atom is 0.258 e. The fraction of sp³-hybridized carbons (Fsp3) is 0.429. The molecule has 2 rings (SSSR count).